The van der Waals surface area contributed by atoms with Gasteiger partial charge in [0.05, 0.1) is 0 Å². The highest BCUT2D eigenvalue weighted by molar-refractivity contribution is 6.30. The average molecular weight is 284 g/mol. The van der Waals surface area contributed by atoms with E-state index in [0.717, 1.165) is 27.5 Å². The van der Waals surface area contributed by atoms with Gasteiger partial charge in [0, 0.05) is 22.8 Å². The van der Waals surface area contributed by atoms with Crippen LogP contribution in [0.4, 0.5) is 0 Å². The minimum absolute atomic E-state index is 0.679. The molecule has 3 heteroatoms. The van der Waals surface area contributed by atoms with Crippen LogP contribution < -0.4 is 0 Å². The van der Waals surface area contributed by atoms with Crippen LogP contribution in [0.5, 0.6) is 0 Å². The van der Waals surface area contributed by atoms with Crippen LogP contribution in [0.1, 0.15) is 22.8 Å². The summed E-state index contributed by atoms with van der Waals surface area (Å²) in [7, 11) is 0. The van der Waals surface area contributed by atoms with Gasteiger partial charge in [-0.1, -0.05) is 35.9 Å². The number of fused-ring (bicyclic) bond motifs is 1. The zero-order chi connectivity index (χ0) is 14.1. The molecule has 0 amide bonds. The Bertz CT molecular complexity index is 765. The van der Waals surface area contributed by atoms with Crippen LogP contribution in [0.25, 0.3) is 10.8 Å². The van der Waals surface area contributed by atoms with Gasteiger partial charge in [0.15, 0.2) is 0 Å². The summed E-state index contributed by atoms with van der Waals surface area (Å²) in [6, 6.07) is 13.4. The van der Waals surface area contributed by atoms with E-state index < -0.39 is 6.10 Å². The molecule has 100 valence electrons. The summed E-state index contributed by atoms with van der Waals surface area (Å²) in [6.07, 6.45) is 2.87. The van der Waals surface area contributed by atoms with E-state index in [9.17, 15) is 5.11 Å². The van der Waals surface area contributed by atoms with Gasteiger partial charge in [0.1, 0.15) is 6.10 Å². The highest BCUT2D eigenvalue weighted by Crippen LogP contribution is 2.31. The Labute approximate surface area is 122 Å². The molecule has 0 aliphatic heterocycles. The van der Waals surface area contributed by atoms with Crippen molar-refractivity contribution in [2.24, 2.45) is 0 Å². The van der Waals surface area contributed by atoms with E-state index in [2.05, 4.69) is 4.98 Å². The van der Waals surface area contributed by atoms with Crippen molar-refractivity contribution in [1.29, 1.82) is 0 Å². The van der Waals surface area contributed by atoms with E-state index in [1.165, 1.54) is 0 Å². The average Bonchev–Trinajstić information content (AvgIpc) is 2.46. The Morgan fingerprint density at radius 1 is 1.10 bits per heavy atom. The second-order valence-electron chi connectivity index (χ2n) is 4.85. The quantitative estimate of drug-likeness (QED) is 0.761. The molecule has 1 N–H and O–H groups in total. The lowest BCUT2D eigenvalue weighted by Crippen LogP contribution is -2.03. The van der Waals surface area contributed by atoms with Crippen LogP contribution >= 0.6 is 11.6 Å². The Kier molecular flexibility index (Phi) is 3.43. The SMILES string of the molecule is Cc1cc(Cl)ccc1C(O)c1cccc2ccncc12. The molecule has 0 saturated heterocycles. The van der Waals surface area contributed by atoms with Gasteiger partial charge in [-0.15, -0.1) is 0 Å². The second-order valence-corrected chi connectivity index (χ2v) is 5.28. The zero-order valence-electron chi connectivity index (χ0n) is 11.0. The Hall–Kier alpha value is -1.90. The summed E-state index contributed by atoms with van der Waals surface area (Å²) in [4.78, 5) is 4.15. The molecule has 3 aromatic rings. The molecule has 2 aromatic carbocycles. The number of benzene rings is 2. The van der Waals surface area contributed by atoms with Crippen molar-refractivity contribution in [3.8, 4) is 0 Å². The summed E-state index contributed by atoms with van der Waals surface area (Å²) in [5.74, 6) is 0. The van der Waals surface area contributed by atoms with Crippen molar-refractivity contribution >= 4 is 22.4 Å². The van der Waals surface area contributed by atoms with Gasteiger partial charge in [-0.05, 0) is 47.2 Å². The third kappa shape index (κ3) is 2.28. The van der Waals surface area contributed by atoms with E-state index in [-0.39, 0.29) is 0 Å². The lowest BCUT2D eigenvalue weighted by atomic mass is 9.94. The predicted octanol–water partition coefficient (Wildman–Crippen LogP) is 4.28. The summed E-state index contributed by atoms with van der Waals surface area (Å²) in [5.41, 5.74) is 2.71. The first-order valence-corrected chi connectivity index (χ1v) is 6.81. The molecule has 2 nitrogen and oxygen atoms in total. The third-order valence-corrected chi connectivity index (χ3v) is 3.77. The molecule has 0 radical (unpaired) electrons. The molecule has 20 heavy (non-hydrogen) atoms. The van der Waals surface area contributed by atoms with Crippen molar-refractivity contribution in [3.63, 3.8) is 0 Å². The summed E-state index contributed by atoms with van der Waals surface area (Å²) < 4.78 is 0. The van der Waals surface area contributed by atoms with Gasteiger partial charge in [-0.3, -0.25) is 4.98 Å². The number of hydrogen-bond acceptors (Lipinski definition) is 2. The minimum Gasteiger partial charge on any atom is -0.384 e. The molecular weight excluding hydrogens is 270 g/mol. The number of aromatic nitrogens is 1. The fourth-order valence-electron chi connectivity index (χ4n) is 2.49. The van der Waals surface area contributed by atoms with Crippen molar-refractivity contribution in [2.45, 2.75) is 13.0 Å². The molecule has 1 heterocycles. The normalized spacial score (nSPS) is 12.6. The molecule has 1 atom stereocenters. The van der Waals surface area contributed by atoms with E-state index >= 15 is 0 Å². The molecule has 1 unspecified atom stereocenters. The molecule has 0 aliphatic carbocycles. The lowest BCUT2D eigenvalue weighted by molar-refractivity contribution is 0.221. The van der Waals surface area contributed by atoms with E-state index in [1.54, 1.807) is 18.5 Å². The van der Waals surface area contributed by atoms with Gasteiger partial charge in [0.25, 0.3) is 0 Å². The second kappa shape index (κ2) is 5.23. The number of aliphatic hydroxyl groups is 1. The van der Waals surface area contributed by atoms with Crippen molar-refractivity contribution in [1.82, 2.24) is 4.98 Å². The molecule has 0 saturated carbocycles. The van der Waals surface area contributed by atoms with Crippen LogP contribution in [0.15, 0.2) is 54.9 Å². The van der Waals surface area contributed by atoms with E-state index in [0.29, 0.717) is 5.02 Å². The molecular formula is C17H14ClNO. The predicted molar refractivity (Wildman–Crippen MR) is 82.0 cm³/mol. The number of rotatable bonds is 2. The Balaban J connectivity index is 2.15. The van der Waals surface area contributed by atoms with Crippen molar-refractivity contribution in [2.75, 3.05) is 0 Å². The fourth-order valence-corrected chi connectivity index (χ4v) is 2.72. The largest absolute Gasteiger partial charge is 0.384 e. The number of hydrogen-bond donors (Lipinski definition) is 1. The van der Waals surface area contributed by atoms with Crippen LogP contribution in [0.3, 0.4) is 0 Å². The van der Waals surface area contributed by atoms with Gasteiger partial charge in [0.2, 0.25) is 0 Å². The number of aryl methyl sites for hydroxylation is 1. The van der Waals surface area contributed by atoms with Crippen LogP contribution in [-0.4, -0.2) is 10.1 Å². The number of nitrogens with zero attached hydrogens (tertiary/aromatic N) is 1. The molecule has 0 bridgehead atoms. The first-order valence-electron chi connectivity index (χ1n) is 6.43. The highest BCUT2D eigenvalue weighted by atomic mass is 35.5. The smallest absolute Gasteiger partial charge is 0.105 e. The maximum atomic E-state index is 10.7. The molecule has 3 rings (SSSR count). The lowest BCUT2D eigenvalue weighted by Gasteiger charge is -2.16. The molecule has 0 spiro atoms. The van der Waals surface area contributed by atoms with Crippen molar-refractivity contribution in [3.05, 3.63) is 76.6 Å². The third-order valence-electron chi connectivity index (χ3n) is 3.54. The van der Waals surface area contributed by atoms with Crippen LogP contribution in [-0.2, 0) is 0 Å². The monoisotopic (exact) mass is 283 g/mol. The first kappa shape index (κ1) is 13.1. The van der Waals surface area contributed by atoms with Crippen LogP contribution in [0, 0.1) is 6.92 Å². The molecule has 0 fully saturated rings. The van der Waals surface area contributed by atoms with Gasteiger partial charge in [-0.2, -0.15) is 0 Å². The van der Waals surface area contributed by atoms with Gasteiger partial charge < -0.3 is 5.11 Å². The summed E-state index contributed by atoms with van der Waals surface area (Å²) in [5, 5.41) is 13.4. The van der Waals surface area contributed by atoms with Gasteiger partial charge in [-0.25, -0.2) is 0 Å². The Morgan fingerprint density at radius 2 is 1.95 bits per heavy atom. The summed E-state index contributed by atoms with van der Waals surface area (Å²) >= 11 is 5.97. The minimum atomic E-state index is -0.680. The topological polar surface area (TPSA) is 33.1 Å². The first-order chi connectivity index (χ1) is 9.66. The number of pyridine rings is 1. The maximum Gasteiger partial charge on any atom is 0.105 e. The number of aliphatic hydroxyl groups excluding tert-OH is 1. The Morgan fingerprint density at radius 3 is 2.75 bits per heavy atom. The van der Waals surface area contributed by atoms with Crippen molar-refractivity contribution < 1.29 is 5.11 Å². The maximum absolute atomic E-state index is 10.7. The van der Waals surface area contributed by atoms with Gasteiger partial charge >= 0.3 is 0 Å². The molecule has 0 aliphatic rings. The van der Waals surface area contributed by atoms with E-state index in [1.807, 2.05) is 43.3 Å². The fraction of sp³-hybridized carbons (Fsp3) is 0.118. The standard InChI is InChI=1S/C17H14ClNO/c1-11-9-13(18)5-6-14(11)17(20)15-4-2-3-12-7-8-19-10-16(12)15/h2-10,17,20H,1H3. The van der Waals surface area contributed by atoms with E-state index in [4.69, 9.17) is 11.6 Å². The highest BCUT2D eigenvalue weighted by Gasteiger charge is 2.15. The molecule has 1 aromatic heterocycles. The zero-order valence-corrected chi connectivity index (χ0v) is 11.8. The number of halogens is 1. The van der Waals surface area contributed by atoms with Crippen LogP contribution in [0.2, 0.25) is 5.02 Å². The summed E-state index contributed by atoms with van der Waals surface area (Å²) in [6.45, 7) is 1.95.